The second-order valence-electron chi connectivity index (χ2n) is 3.82. The number of hydrogen-bond donors (Lipinski definition) is 2. The number of piperazine rings is 1. The fourth-order valence-electron chi connectivity index (χ4n) is 1.58. The quantitative estimate of drug-likeness (QED) is 0.669. The van der Waals surface area contributed by atoms with Gasteiger partial charge in [-0.2, -0.15) is 0 Å². The number of nitrogens with zero attached hydrogens (tertiary/aromatic N) is 4. The molecule has 1 aromatic rings. The van der Waals surface area contributed by atoms with Crippen LogP contribution in [0.25, 0.3) is 0 Å². The highest BCUT2D eigenvalue weighted by molar-refractivity contribution is 7.99. The van der Waals surface area contributed by atoms with E-state index < -0.39 is 0 Å². The molecule has 8 heteroatoms. The van der Waals surface area contributed by atoms with Crippen molar-refractivity contribution >= 4 is 23.6 Å². The first-order valence-corrected chi connectivity index (χ1v) is 6.43. The summed E-state index contributed by atoms with van der Waals surface area (Å²) in [6, 6.07) is 0. The van der Waals surface area contributed by atoms with Crippen molar-refractivity contribution in [1.29, 1.82) is 0 Å². The van der Waals surface area contributed by atoms with Crippen molar-refractivity contribution < 1.29 is 4.79 Å². The number of hydrogen-bond acceptors (Lipinski definition) is 6. The fourth-order valence-corrected chi connectivity index (χ4v) is 2.40. The van der Waals surface area contributed by atoms with E-state index >= 15 is 0 Å². The molecule has 0 saturated carbocycles. The van der Waals surface area contributed by atoms with E-state index in [1.807, 2.05) is 4.90 Å². The highest BCUT2D eigenvalue weighted by Gasteiger charge is 2.17. The molecule has 0 bridgehead atoms. The average molecular weight is 256 g/mol. The lowest BCUT2D eigenvalue weighted by Crippen LogP contribution is -2.47. The predicted molar refractivity (Wildman–Crippen MR) is 65.6 cm³/mol. The van der Waals surface area contributed by atoms with Gasteiger partial charge in [0.2, 0.25) is 11.9 Å². The Labute approximate surface area is 104 Å². The van der Waals surface area contributed by atoms with Crippen LogP contribution in [-0.2, 0) is 11.8 Å². The van der Waals surface area contributed by atoms with E-state index in [9.17, 15) is 4.79 Å². The zero-order valence-corrected chi connectivity index (χ0v) is 10.5. The molecule has 0 aliphatic carbocycles. The van der Waals surface area contributed by atoms with Crippen molar-refractivity contribution in [3.63, 3.8) is 0 Å². The van der Waals surface area contributed by atoms with Crippen LogP contribution >= 0.6 is 11.8 Å². The summed E-state index contributed by atoms with van der Waals surface area (Å²) < 4.78 is 1.68. The van der Waals surface area contributed by atoms with Crippen LogP contribution < -0.4 is 11.1 Å². The van der Waals surface area contributed by atoms with Gasteiger partial charge in [-0.25, -0.2) is 0 Å². The molecular formula is C9H16N6OS. The van der Waals surface area contributed by atoms with Gasteiger partial charge in [0.1, 0.15) is 0 Å². The second kappa shape index (κ2) is 5.37. The molecule has 1 aromatic heterocycles. The molecule has 94 valence electrons. The standard InChI is InChI=1S/C9H16N6OS/c1-14-8(10)12-13-9(14)17-6-7(16)15-4-2-11-3-5-15/h11H,2-6H2,1H3,(H2,10,12). The van der Waals surface area contributed by atoms with Crippen molar-refractivity contribution in [2.24, 2.45) is 7.05 Å². The first-order chi connectivity index (χ1) is 8.18. The summed E-state index contributed by atoms with van der Waals surface area (Å²) in [5, 5.41) is 11.5. The molecule has 7 nitrogen and oxygen atoms in total. The Hall–Kier alpha value is -1.28. The molecule has 0 aromatic carbocycles. The number of carbonyl (C=O) groups is 1. The SMILES string of the molecule is Cn1c(N)nnc1SCC(=O)N1CCNCC1. The molecule has 0 atom stereocenters. The maximum atomic E-state index is 11.9. The lowest BCUT2D eigenvalue weighted by atomic mass is 10.3. The topological polar surface area (TPSA) is 89.1 Å². The molecule has 1 fully saturated rings. The molecule has 17 heavy (non-hydrogen) atoms. The van der Waals surface area contributed by atoms with Gasteiger partial charge in [0.15, 0.2) is 5.16 Å². The van der Waals surface area contributed by atoms with Crippen LogP contribution in [0.5, 0.6) is 0 Å². The van der Waals surface area contributed by atoms with Gasteiger partial charge < -0.3 is 16.0 Å². The van der Waals surface area contributed by atoms with Crippen LogP contribution in [0.2, 0.25) is 0 Å². The number of anilines is 1. The number of rotatable bonds is 3. The minimum Gasteiger partial charge on any atom is -0.368 e. The normalized spacial score (nSPS) is 16.2. The van der Waals surface area contributed by atoms with Crippen LogP contribution in [0.4, 0.5) is 5.95 Å². The average Bonchev–Trinajstić information content (AvgIpc) is 2.68. The Balaban J connectivity index is 1.85. The highest BCUT2D eigenvalue weighted by Crippen LogP contribution is 2.16. The molecule has 1 amide bonds. The number of nitrogens with one attached hydrogen (secondary N) is 1. The number of nitrogens with two attached hydrogens (primary N) is 1. The Morgan fingerprint density at radius 2 is 2.18 bits per heavy atom. The van der Waals surface area contributed by atoms with Crippen LogP contribution in [-0.4, -0.2) is 57.5 Å². The van der Waals surface area contributed by atoms with Gasteiger partial charge in [-0.05, 0) is 0 Å². The zero-order chi connectivity index (χ0) is 12.3. The lowest BCUT2D eigenvalue weighted by Gasteiger charge is -2.27. The molecule has 2 rings (SSSR count). The molecule has 0 unspecified atom stereocenters. The van der Waals surface area contributed by atoms with E-state index in [2.05, 4.69) is 15.5 Å². The summed E-state index contributed by atoms with van der Waals surface area (Å²) in [7, 11) is 1.78. The summed E-state index contributed by atoms with van der Waals surface area (Å²) >= 11 is 1.37. The van der Waals surface area contributed by atoms with E-state index in [1.54, 1.807) is 11.6 Å². The third-order valence-corrected chi connectivity index (χ3v) is 3.67. The number of carbonyl (C=O) groups excluding carboxylic acids is 1. The van der Waals surface area contributed by atoms with Gasteiger partial charge in [0, 0.05) is 33.2 Å². The smallest absolute Gasteiger partial charge is 0.233 e. The van der Waals surface area contributed by atoms with E-state index in [-0.39, 0.29) is 5.91 Å². The second-order valence-corrected chi connectivity index (χ2v) is 4.76. The molecule has 1 aliphatic rings. The third-order valence-electron chi connectivity index (χ3n) is 2.66. The molecule has 1 aliphatic heterocycles. The summed E-state index contributed by atoms with van der Waals surface area (Å²) in [6.45, 7) is 3.29. The Morgan fingerprint density at radius 3 is 2.76 bits per heavy atom. The lowest BCUT2D eigenvalue weighted by molar-refractivity contribution is -0.128. The number of nitrogen functional groups attached to an aromatic ring is 1. The van der Waals surface area contributed by atoms with Crippen LogP contribution in [0.15, 0.2) is 5.16 Å². The minimum atomic E-state index is 0.137. The van der Waals surface area contributed by atoms with Gasteiger partial charge >= 0.3 is 0 Å². The fraction of sp³-hybridized carbons (Fsp3) is 0.667. The summed E-state index contributed by atoms with van der Waals surface area (Å²) in [4.78, 5) is 13.7. The monoisotopic (exact) mass is 256 g/mol. The van der Waals surface area contributed by atoms with Crippen LogP contribution in [0.3, 0.4) is 0 Å². The summed E-state index contributed by atoms with van der Waals surface area (Å²) in [6.07, 6.45) is 0. The molecule has 0 radical (unpaired) electrons. The third kappa shape index (κ3) is 2.89. The number of amides is 1. The minimum absolute atomic E-state index is 0.137. The molecule has 0 spiro atoms. The highest BCUT2D eigenvalue weighted by atomic mass is 32.2. The Morgan fingerprint density at radius 1 is 1.47 bits per heavy atom. The number of aromatic nitrogens is 3. The molecule has 1 saturated heterocycles. The summed E-state index contributed by atoms with van der Waals surface area (Å²) in [5.74, 6) is 0.881. The molecule has 2 heterocycles. The van der Waals surface area contributed by atoms with Crippen molar-refractivity contribution in [2.45, 2.75) is 5.16 Å². The van der Waals surface area contributed by atoms with Gasteiger partial charge in [-0.15, -0.1) is 10.2 Å². The molecular weight excluding hydrogens is 240 g/mol. The van der Waals surface area contributed by atoms with Gasteiger partial charge in [0.25, 0.3) is 0 Å². The van der Waals surface area contributed by atoms with E-state index in [0.717, 1.165) is 26.2 Å². The van der Waals surface area contributed by atoms with Gasteiger partial charge in [-0.1, -0.05) is 11.8 Å². The largest absolute Gasteiger partial charge is 0.368 e. The molecule has 3 N–H and O–H groups in total. The Kier molecular flexibility index (Phi) is 3.85. The van der Waals surface area contributed by atoms with Crippen molar-refractivity contribution in [1.82, 2.24) is 25.0 Å². The first-order valence-electron chi connectivity index (χ1n) is 5.44. The Bertz CT molecular complexity index is 400. The maximum absolute atomic E-state index is 11.9. The number of thioether (sulfide) groups is 1. The van der Waals surface area contributed by atoms with Crippen LogP contribution in [0.1, 0.15) is 0 Å². The van der Waals surface area contributed by atoms with Crippen molar-refractivity contribution in [3.8, 4) is 0 Å². The van der Waals surface area contributed by atoms with Gasteiger partial charge in [-0.3, -0.25) is 9.36 Å². The van der Waals surface area contributed by atoms with E-state index in [0.29, 0.717) is 16.9 Å². The zero-order valence-electron chi connectivity index (χ0n) is 9.72. The van der Waals surface area contributed by atoms with Crippen molar-refractivity contribution in [3.05, 3.63) is 0 Å². The first kappa shape index (κ1) is 12.2. The van der Waals surface area contributed by atoms with Crippen LogP contribution in [0, 0.1) is 0 Å². The summed E-state index contributed by atoms with van der Waals surface area (Å²) in [5.41, 5.74) is 5.56. The van der Waals surface area contributed by atoms with E-state index in [1.165, 1.54) is 11.8 Å². The maximum Gasteiger partial charge on any atom is 0.233 e. The van der Waals surface area contributed by atoms with E-state index in [4.69, 9.17) is 5.73 Å². The van der Waals surface area contributed by atoms with Gasteiger partial charge in [0.05, 0.1) is 5.75 Å². The predicted octanol–water partition coefficient (Wildman–Crippen LogP) is -1.08. The van der Waals surface area contributed by atoms with Crippen molar-refractivity contribution in [2.75, 3.05) is 37.7 Å².